The van der Waals surface area contributed by atoms with Crippen LogP contribution in [0.2, 0.25) is 0 Å². The molecule has 4 aromatic rings. The molecule has 4 heteroatoms. The van der Waals surface area contributed by atoms with Gasteiger partial charge in [0, 0.05) is 11.8 Å². The number of fused-ring (bicyclic) bond motifs is 2. The molecule has 0 aliphatic rings. The molecule has 1 aromatic carbocycles. The molecule has 3 aromatic heterocycles. The molecule has 0 aliphatic heterocycles. The minimum Gasteiger partial charge on any atom is -0.342 e. The van der Waals surface area contributed by atoms with E-state index in [0.29, 0.717) is 0 Å². The van der Waals surface area contributed by atoms with Crippen molar-refractivity contribution >= 4 is 16.6 Å². The number of rotatable bonds is 1. The second-order valence-electron chi connectivity index (χ2n) is 4.63. The van der Waals surface area contributed by atoms with E-state index in [1.807, 2.05) is 37.5 Å². The zero-order chi connectivity index (χ0) is 12.8. The highest BCUT2D eigenvalue weighted by atomic mass is 15.0. The van der Waals surface area contributed by atoms with Gasteiger partial charge in [-0.2, -0.15) is 0 Å². The highest BCUT2D eigenvalue weighted by molar-refractivity contribution is 5.81. The van der Waals surface area contributed by atoms with Gasteiger partial charge in [-0.05, 0) is 37.3 Å². The molecule has 0 aliphatic carbocycles. The molecule has 1 N–H and O–H groups in total. The quantitative estimate of drug-likeness (QED) is 0.562. The van der Waals surface area contributed by atoms with Crippen molar-refractivity contribution in [2.75, 3.05) is 0 Å². The van der Waals surface area contributed by atoms with Crippen molar-refractivity contribution in [3.8, 4) is 11.4 Å². The maximum absolute atomic E-state index is 4.51. The fourth-order valence-electron chi connectivity index (χ4n) is 2.43. The van der Waals surface area contributed by atoms with E-state index in [4.69, 9.17) is 0 Å². The standard InChI is InChI=1S/C15H12N4/c1-10-17-13-6-5-11(8-14(13)18-10)15-16-9-12-4-2-3-7-19(12)15/h2-9H,1H3,(H,17,18). The van der Waals surface area contributed by atoms with Gasteiger partial charge in [-0.3, -0.25) is 4.40 Å². The Labute approximate surface area is 109 Å². The van der Waals surface area contributed by atoms with Gasteiger partial charge < -0.3 is 4.98 Å². The zero-order valence-corrected chi connectivity index (χ0v) is 10.5. The van der Waals surface area contributed by atoms with Gasteiger partial charge in [0.2, 0.25) is 0 Å². The summed E-state index contributed by atoms with van der Waals surface area (Å²) in [5.74, 6) is 1.88. The maximum atomic E-state index is 4.51. The molecule has 0 saturated carbocycles. The molecule has 0 bridgehead atoms. The Bertz CT molecular complexity index is 885. The van der Waals surface area contributed by atoms with Crippen LogP contribution < -0.4 is 0 Å². The Balaban J connectivity index is 1.98. The van der Waals surface area contributed by atoms with Crippen molar-refractivity contribution in [1.82, 2.24) is 19.4 Å². The highest BCUT2D eigenvalue weighted by Gasteiger charge is 2.07. The van der Waals surface area contributed by atoms with Gasteiger partial charge in [0.1, 0.15) is 11.6 Å². The van der Waals surface area contributed by atoms with E-state index in [9.17, 15) is 0 Å². The summed E-state index contributed by atoms with van der Waals surface area (Å²) < 4.78 is 2.09. The third-order valence-corrected chi connectivity index (χ3v) is 3.30. The Morgan fingerprint density at radius 2 is 2.11 bits per heavy atom. The van der Waals surface area contributed by atoms with Crippen LogP contribution >= 0.6 is 0 Å². The molecular weight excluding hydrogens is 236 g/mol. The maximum Gasteiger partial charge on any atom is 0.144 e. The van der Waals surface area contributed by atoms with Crippen LogP contribution in [-0.2, 0) is 0 Å². The molecule has 0 unspecified atom stereocenters. The first-order valence-electron chi connectivity index (χ1n) is 6.20. The van der Waals surface area contributed by atoms with Crippen molar-refractivity contribution < 1.29 is 0 Å². The summed E-state index contributed by atoms with van der Waals surface area (Å²) in [5, 5.41) is 0. The minimum absolute atomic E-state index is 0.931. The number of pyridine rings is 1. The lowest BCUT2D eigenvalue weighted by molar-refractivity contribution is 1.16. The molecule has 0 fully saturated rings. The normalized spacial score (nSPS) is 11.4. The number of nitrogens with one attached hydrogen (secondary N) is 1. The van der Waals surface area contributed by atoms with Crippen molar-refractivity contribution in [1.29, 1.82) is 0 Å². The second kappa shape index (κ2) is 3.68. The average molecular weight is 248 g/mol. The molecule has 92 valence electrons. The van der Waals surface area contributed by atoms with Gasteiger partial charge in [0.05, 0.1) is 22.7 Å². The van der Waals surface area contributed by atoms with Crippen LogP contribution in [0.3, 0.4) is 0 Å². The summed E-state index contributed by atoms with van der Waals surface area (Å²) in [6, 6.07) is 12.3. The van der Waals surface area contributed by atoms with Crippen LogP contribution in [0, 0.1) is 6.92 Å². The number of hydrogen-bond donors (Lipinski definition) is 1. The molecular formula is C15H12N4. The summed E-state index contributed by atoms with van der Waals surface area (Å²) in [6.45, 7) is 1.96. The van der Waals surface area contributed by atoms with Crippen LogP contribution in [0.4, 0.5) is 0 Å². The molecule has 4 nitrogen and oxygen atoms in total. The molecule has 19 heavy (non-hydrogen) atoms. The second-order valence-corrected chi connectivity index (χ2v) is 4.63. The van der Waals surface area contributed by atoms with Gasteiger partial charge in [0.15, 0.2) is 0 Å². The number of imidazole rings is 2. The first-order chi connectivity index (χ1) is 9.31. The van der Waals surface area contributed by atoms with Crippen LogP contribution in [0.5, 0.6) is 0 Å². The molecule has 0 amide bonds. The van der Waals surface area contributed by atoms with Crippen molar-refractivity contribution in [3.63, 3.8) is 0 Å². The molecule has 0 spiro atoms. The topological polar surface area (TPSA) is 46.0 Å². The van der Waals surface area contributed by atoms with Crippen molar-refractivity contribution in [2.24, 2.45) is 0 Å². The SMILES string of the molecule is Cc1nc2ccc(-c3ncc4ccccn34)cc2[nH]1. The number of nitrogens with zero attached hydrogens (tertiary/aromatic N) is 3. The molecule has 0 atom stereocenters. The minimum atomic E-state index is 0.931. The van der Waals surface area contributed by atoms with Gasteiger partial charge in [0.25, 0.3) is 0 Å². The lowest BCUT2D eigenvalue weighted by Crippen LogP contribution is -1.88. The van der Waals surface area contributed by atoms with Gasteiger partial charge in [-0.15, -0.1) is 0 Å². The van der Waals surface area contributed by atoms with Crippen molar-refractivity contribution in [3.05, 3.63) is 54.6 Å². The average Bonchev–Trinajstić information content (AvgIpc) is 2.99. The first-order valence-corrected chi connectivity index (χ1v) is 6.20. The predicted octanol–water partition coefficient (Wildman–Crippen LogP) is 3.19. The Hall–Kier alpha value is -2.62. The lowest BCUT2D eigenvalue weighted by atomic mass is 10.2. The summed E-state index contributed by atoms with van der Waals surface area (Å²) in [6.07, 6.45) is 3.91. The van der Waals surface area contributed by atoms with E-state index in [1.54, 1.807) is 0 Å². The third kappa shape index (κ3) is 1.53. The predicted molar refractivity (Wildman–Crippen MR) is 75.0 cm³/mol. The number of hydrogen-bond acceptors (Lipinski definition) is 2. The van der Waals surface area contributed by atoms with E-state index in [0.717, 1.165) is 33.8 Å². The number of aromatic amines is 1. The summed E-state index contributed by atoms with van der Waals surface area (Å²) >= 11 is 0. The van der Waals surface area contributed by atoms with E-state index >= 15 is 0 Å². The van der Waals surface area contributed by atoms with Gasteiger partial charge >= 0.3 is 0 Å². The number of benzene rings is 1. The van der Waals surface area contributed by atoms with Crippen LogP contribution in [0.25, 0.3) is 27.9 Å². The molecule has 0 radical (unpaired) electrons. The monoisotopic (exact) mass is 248 g/mol. The van der Waals surface area contributed by atoms with E-state index in [1.165, 1.54) is 0 Å². The lowest BCUT2D eigenvalue weighted by Gasteiger charge is -2.01. The fraction of sp³-hybridized carbons (Fsp3) is 0.0667. The third-order valence-electron chi connectivity index (χ3n) is 3.30. The van der Waals surface area contributed by atoms with E-state index in [2.05, 4.69) is 37.6 Å². The smallest absolute Gasteiger partial charge is 0.144 e. The highest BCUT2D eigenvalue weighted by Crippen LogP contribution is 2.23. The van der Waals surface area contributed by atoms with Crippen LogP contribution in [0.1, 0.15) is 5.82 Å². The van der Waals surface area contributed by atoms with E-state index in [-0.39, 0.29) is 0 Å². The number of aromatic nitrogens is 4. The van der Waals surface area contributed by atoms with E-state index < -0.39 is 0 Å². The summed E-state index contributed by atoms with van der Waals surface area (Å²) in [5.41, 5.74) is 4.21. The molecule has 3 heterocycles. The van der Waals surface area contributed by atoms with Crippen LogP contribution in [0.15, 0.2) is 48.8 Å². The van der Waals surface area contributed by atoms with Crippen molar-refractivity contribution in [2.45, 2.75) is 6.92 Å². The van der Waals surface area contributed by atoms with Crippen LogP contribution in [-0.4, -0.2) is 19.4 Å². The number of H-pyrrole nitrogens is 1. The zero-order valence-electron chi connectivity index (χ0n) is 10.5. The first kappa shape index (κ1) is 10.3. The molecule has 4 rings (SSSR count). The Morgan fingerprint density at radius 3 is 3.05 bits per heavy atom. The fourth-order valence-corrected chi connectivity index (χ4v) is 2.43. The molecule has 0 saturated heterocycles. The Kier molecular flexibility index (Phi) is 2.00. The van der Waals surface area contributed by atoms with Gasteiger partial charge in [-0.1, -0.05) is 6.07 Å². The Morgan fingerprint density at radius 1 is 1.16 bits per heavy atom. The number of aryl methyl sites for hydroxylation is 1. The van der Waals surface area contributed by atoms with Gasteiger partial charge in [-0.25, -0.2) is 9.97 Å². The summed E-state index contributed by atoms with van der Waals surface area (Å²) in [4.78, 5) is 12.2. The largest absolute Gasteiger partial charge is 0.342 e. The summed E-state index contributed by atoms with van der Waals surface area (Å²) in [7, 11) is 0.